The number of nitrogens with zero attached hydrogens (tertiary/aromatic N) is 4. The van der Waals surface area contributed by atoms with Gasteiger partial charge in [0.2, 0.25) is 6.41 Å². The Kier molecular flexibility index (Phi) is 7.49. The second-order valence-electron chi connectivity index (χ2n) is 7.21. The highest BCUT2D eigenvalue weighted by atomic mass is 32.2. The maximum Gasteiger partial charge on any atom is 0.438 e. The van der Waals surface area contributed by atoms with Gasteiger partial charge in [-0.25, -0.2) is 4.79 Å². The van der Waals surface area contributed by atoms with Gasteiger partial charge in [0, 0.05) is 18.8 Å². The average molecular weight is 433 g/mol. The summed E-state index contributed by atoms with van der Waals surface area (Å²) >= 11 is 1.05. The van der Waals surface area contributed by atoms with Gasteiger partial charge in [0.25, 0.3) is 0 Å². The molecule has 0 aromatic heterocycles. The summed E-state index contributed by atoms with van der Waals surface area (Å²) in [7, 11) is 0. The Morgan fingerprint density at radius 2 is 2.13 bits per heavy atom. The molecule has 30 heavy (non-hydrogen) atoms. The molecule has 0 fully saturated rings. The van der Waals surface area contributed by atoms with Gasteiger partial charge in [0.1, 0.15) is 6.61 Å². The van der Waals surface area contributed by atoms with Crippen LogP contribution < -0.4 is 4.90 Å². The maximum absolute atomic E-state index is 12.5. The fraction of sp³-hybridized carbons (Fsp3) is 0.524. The van der Waals surface area contributed by atoms with Crippen molar-refractivity contribution in [3.05, 3.63) is 29.3 Å². The molecule has 0 saturated carbocycles. The summed E-state index contributed by atoms with van der Waals surface area (Å²) in [5.74, 6) is 0. The number of carbonyl (C=O) groups excluding carboxylic acids is 3. The summed E-state index contributed by atoms with van der Waals surface area (Å²) in [5.41, 5.74) is 3.46. The number of amides is 3. The molecule has 0 radical (unpaired) electrons. The predicted molar refractivity (Wildman–Crippen MR) is 118 cm³/mol. The van der Waals surface area contributed by atoms with Crippen LogP contribution in [0.2, 0.25) is 0 Å². The smallest absolute Gasteiger partial charge is 0.438 e. The molecular formula is C21H28N4O4S. The molecule has 1 aromatic rings. The van der Waals surface area contributed by atoms with Crippen LogP contribution in [-0.4, -0.2) is 71.4 Å². The third-order valence-electron chi connectivity index (χ3n) is 5.40. The van der Waals surface area contributed by atoms with E-state index in [1.54, 1.807) is 4.90 Å². The molecule has 1 unspecified atom stereocenters. The number of hydrogen-bond acceptors (Lipinski definition) is 7. The Labute approximate surface area is 181 Å². The molecule has 1 atom stereocenters. The van der Waals surface area contributed by atoms with Crippen LogP contribution in [0.3, 0.4) is 0 Å². The predicted octanol–water partition coefficient (Wildman–Crippen LogP) is 3.34. The SMILES string of the molecule is CCN(CC)CCOC(=O)N1N=C(c2ccc3c(c2)CCCN3C=O)C(C)SC1=O. The Bertz CT molecular complexity index is 840. The Hall–Kier alpha value is -2.39. The Morgan fingerprint density at radius 1 is 1.37 bits per heavy atom. The largest absolute Gasteiger partial charge is 0.446 e. The van der Waals surface area contributed by atoms with E-state index in [4.69, 9.17) is 4.74 Å². The molecule has 3 amide bonds. The first-order valence-corrected chi connectivity index (χ1v) is 11.2. The van der Waals surface area contributed by atoms with Gasteiger partial charge < -0.3 is 14.5 Å². The van der Waals surface area contributed by atoms with Crippen molar-refractivity contribution in [2.24, 2.45) is 5.10 Å². The molecule has 8 nitrogen and oxygen atoms in total. The van der Waals surface area contributed by atoms with E-state index in [2.05, 4.69) is 10.0 Å². The highest BCUT2D eigenvalue weighted by Gasteiger charge is 2.33. The van der Waals surface area contributed by atoms with E-state index in [1.165, 1.54) is 0 Å². The lowest BCUT2D eigenvalue weighted by atomic mass is 9.97. The van der Waals surface area contributed by atoms with Crippen LogP contribution in [0.4, 0.5) is 15.3 Å². The van der Waals surface area contributed by atoms with Crippen molar-refractivity contribution in [3.63, 3.8) is 0 Å². The molecule has 1 aromatic carbocycles. The fourth-order valence-corrected chi connectivity index (χ4v) is 4.47. The summed E-state index contributed by atoms with van der Waals surface area (Å²) in [6, 6.07) is 5.79. The van der Waals surface area contributed by atoms with Gasteiger partial charge in [-0.1, -0.05) is 31.7 Å². The van der Waals surface area contributed by atoms with Crippen molar-refractivity contribution in [2.75, 3.05) is 37.7 Å². The number of anilines is 1. The van der Waals surface area contributed by atoms with E-state index in [-0.39, 0.29) is 11.9 Å². The lowest BCUT2D eigenvalue weighted by Gasteiger charge is -2.28. The molecule has 2 aliphatic rings. The highest BCUT2D eigenvalue weighted by molar-refractivity contribution is 8.14. The van der Waals surface area contributed by atoms with E-state index in [0.29, 0.717) is 18.8 Å². The van der Waals surface area contributed by atoms with Crippen molar-refractivity contribution in [3.8, 4) is 0 Å². The highest BCUT2D eigenvalue weighted by Crippen LogP contribution is 2.31. The molecule has 9 heteroatoms. The molecule has 0 saturated heterocycles. The van der Waals surface area contributed by atoms with Gasteiger partial charge in [0.15, 0.2) is 0 Å². The van der Waals surface area contributed by atoms with Gasteiger partial charge >= 0.3 is 11.3 Å². The zero-order chi connectivity index (χ0) is 21.7. The fourth-order valence-electron chi connectivity index (χ4n) is 3.65. The lowest BCUT2D eigenvalue weighted by molar-refractivity contribution is -0.107. The van der Waals surface area contributed by atoms with Crippen molar-refractivity contribution in [1.29, 1.82) is 0 Å². The zero-order valence-corrected chi connectivity index (χ0v) is 18.5. The molecule has 2 heterocycles. The Balaban J connectivity index is 1.78. The van der Waals surface area contributed by atoms with E-state index in [9.17, 15) is 14.4 Å². The van der Waals surface area contributed by atoms with Crippen LogP contribution in [0, 0.1) is 0 Å². The second-order valence-corrected chi connectivity index (χ2v) is 8.50. The molecule has 0 N–H and O–H groups in total. The number of likely N-dealkylation sites (N-methyl/N-ethyl adjacent to an activating group) is 1. The summed E-state index contributed by atoms with van der Waals surface area (Å²) in [6.07, 6.45) is 1.87. The van der Waals surface area contributed by atoms with Crippen molar-refractivity contribution in [2.45, 2.75) is 38.9 Å². The van der Waals surface area contributed by atoms with Gasteiger partial charge in [-0.2, -0.15) is 5.10 Å². The summed E-state index contributed by atoms with van der Waals surface area (Å²) in [5, 5.41) is 4.53. The summed E-state index contributed by atoms with van der Waals surface area (Å²) in [6.45, 7) is 9.24. The van der Waals surface area contributed by atoms with E-state index in [0.717, 1.165) is 65.9 Å². The van der Waals surface area contributed by atoms with Crippen LogP contribution in [0.1, 0.15) is 38.3 Å². The molecule has 0 aliphatic carbocycles. The Morgan fingerprint density at radius 3 is 2.83 bits per heavy atom. The number of thioether (sulfide) groups is 1. The molecule has 162 valence electrons. The van der Waals surface area contributed by atoms with Gasteiger partial charge in [-0.15, -0.1) is 5.01 Å². The average Bonchev–Trinajstić information content (AvgIpc) is 2.75. The first-order chi connectivity index (χ1) is 14.5. The molecule has 0 spiro atoms. The monoisotopic (exact) mass is 432 g/mol. The van der Waals surface area contributed by atoms with Crippen molar-refractivity contribution < 1.29 is 19.1 Å². The van der Waals surface area contributed by atoms with Crippen LogP contribution in [-0.2, 0) is 16.0 Å². The topological polar surface area (TPSA) is 82.5 Å². The standard InChI is InChI=1S/C21H28N4O4S/c1-4-23(5-2)11-12-29-20(27)25-21(28)30-15(3)19(22-25)17-8-9-18-16(13-17)7-6-10-24(18)14-26/h8-9,13-15H,4-7,10-12H2,1-3H3. The van der Waals surface area contributed by atoms with Gasteiger partial charge in [-0.3, -0.25) is 9.59 Å². The first-order valence-electron chi connectivity index (χ1n) is 10.3. The van der Waals surface area contributed by atoms with Gasteiger partial charge in [-0.05, 0) is 56.1 Å². The number of hydrazone groups is 1. The van der Waals surface area contributed by atoms with E-state index < -0.39 is 11.3 Å². The quantitative estimate of drug-likeness (QED) is 0.615. The zero-order valence-electron chi connectivity index (χ0n) is 17.7. The van der Waals surface area contributed by atoms with Crippen LogP contribution in [0.5, 0.6) is 0 Å². The van der Waals surface area contributed by atoms with Crippen molar-refractivity contribution in [1.82, 2.24) is 9.91 Å². The minimum absolute atomic E-state index is 0.193. The van der Waals surface area contributed by atoms with Crippen molar-refractivity contribution >= 4 is 40.9 Å². The van der Waals surface area contributed by atoms with Crippen LogP contribution >= 0.6 is 11.8 Å². The third kappa shape index (κ3) is 4.84. The molecule has 0 bridgehead atoms. The minimum atomic E-state index is -0.755. The number of imide groups is 1. The third-order valence-corrected chi connectivity index (χ3v) is 6.35. The summed E-state index contributed by atoms with van der Waals surface area (Å²) < 4.78 is 5.28. The van der Waals surface area contributed by atoms with Crippen LogP contribution in [0.15, 0.2) is 23.3 Å². The molecule has 2 aliphatic heterocycles. The minimum Gasteiger partial charge on any atom is -0.446 e. The number of ether oxygens (including phenoxy) is 1. The van der Waals surface area contributed by atoms with E-state index >= 15 is 0 Å². The number of rotatable bonds is 7. The number of hydrogen-bond donors (Lipinski definition) is 0. The summed E-state index contributed by atoms with van der Waals surface area (Å²) in [4.78, 5) is 40.0. The molecular weight excluding hydrogens is 404 g/mol. The second kappa shape index (κ2) is 10.1. The van der Waals surface area contributed by atoms with Crippen LogP contribution in [0.25, 0.3) is 0 Å². The maximum atomic E-state index is 12.5. The number of carbonyl (C=O) groups is 3. The normalized spacial score (nSPS) is 18.9. The molecule has 3 rings (SSSR count). The number of aryl methyl sites for hydroxylation is 1. The number of fused-ring (bicyclic) bond motifs is 1. The van der Waals surface area contributed by atoms with E-state index in [1.807, 2.05) is 39.0 Å². The van der Waals surface area contributed by atoms with Gasteiger partial charge in [0.05, 0.1) is 11.0 Å². The first kappa shape index (κ1) is 22.3. The lowest BCUT2D eigenvalue weighted by Crippen LogP contribution is -2.39. The number of benzene rings is 1.